The summed E-state index contributed by atoms with van der Waals surface area (Å²) in [6, 6.07) is 11.7. The van der Waals surface area contributed by atoms with Crippen LogP contribution in [0.5, 0.6) is 0 Å². The molecule has 0 aliphatic rings. The summed E-state index contributed by atoms with van der Waals surface area (Å²) in [6.45, 7) is 1.42. The van der Waals surface area contributed by atoms with Gasteiger partial charge in [-0.2, -0.15) is 0 Å². The number of pyridine rings is 1. The van der Waals surface area contributed by atoms with Crippen LogP contribution in [0.25, 0.3) is 0 Å². The second-order valence-electron chi connectivity index (χ2n) is 5.42. The van der Waals surface area contributed by atoms with Crippen molar-refractivity contribution < 1.29 is 9.18 Å². The first-order valence-electron chi connectivity index (χ1n) is 8.08. The zero-order valence-electron chi connectivity index (χ0n) is 14.3. The predicted molar refractivity (Wildman–Crippen MR) is 111 cm³/mol. The Morgan fingerprint density at radius 3 is 2.69 bits per heavy atom. The number of benzene rings is 1. The van der Waals surface area contributed by atoms with Crippen LogP contribution in [0.1, 0.15) is 11.3 Å². The molecule has 0 saturated carbocycles. The number of carbonyl (C=O) groups is 1. The van der Waals surface area contributed by atoms with Crippen molar-refractivity contribution in [2.24, 2.45) is 10.7 Å². The first-order valence-corrected chi connectivity index (χ1v) is 8.08. The number of guanidine groups is 1. The zero-order chi connectivity index (χ0) is 17.9. The Kier molecular flexibility index (Phi) is 10.2. The second-order valence-corrected chi connectivity index (χ2v) is 5.42. The molecular formula is C18H23FIN5O. The average molecular weight is 471 g/mol. The molecule has 2 aromatic rings. The standard InChI is InChI=1S/C18H22FN5O.HI/c19-15-5-3-4-14(12-15)13-17(25)22-10-11-24-18(20)23-9-7-16-6-1-2-8-21-16;/h1-6,8,12H,7,9-11,13H2,(H,22,25)(H3,20,23,24);1H. The van der Waals surface area contributed by atoms with E-state index in [9.17, 15) is 9.18 Å². The smallest absolute Gasteiger partial charge is 0.224 e. The van der Waals surface area contributed by atoms with Crippen LogP contribution in [0.4, 0.5) is 4.39 Å². The normalized spacial score (nSPS) is 10.7. The SMILES string of the molecule is I.NC(=NCCc1ccccn1)NCCNC(=O)Cc1cccc(F)c1. The van der Waals surface area contributed by atoms with Crippen LogP contribution >= 0.6 is 24.0 Å². The maximum absolute atomic E-state index is 13.1. The van der Waals surface area contributed by atoms with Gasteiger partial charge in [0.15, 0.2) is 5.96 Å². The molecule has 1 aromatic carbocycles. The van der Waals surface area contributed by atoms with Crippen LogP contribution < -0.4 is 16.4 Å². The quantitative estimate of drug-likeness (QED) is 0.236. The first-order chi connectivity index (χ1) is 12.1. The molecule has 26 heavy (non-hydrogen) atoms. The van der Waals surface area contributed by atoms with E-state index in [2.05, 4.69) is 20.6 Å². The summed E-state index contributed by atoms with van der Waals surface area (Å²) < 4.78 is 13.1. The number of hydrogen-bond acceptors (Lipinski definition) is 3. The Bertz CT molecular complexity index is 712. The molecule has 1 heterocycles. The molecule has 0 aliphatic heterocycles. The molecule has 0 bridgehead atoms. The number of amides is 1. The molecule has 0 aliphatic carbocycles. The van der Waals surface area contributed by atoms with Crippen molar-refractivity contribution in [2.45, 2.75) is 12.8 Å². The highest BCUT2D eigenvalue weighted by Crippen LogP contribution is 2.03. The number of rotatable bonds is 8. The van der Waals surface area contributed by atoms with Crippen molar-refractivity contribution in [3.8, 4) is 0 Å². The van der Waals surface area contributed by atoms with Gasteiger partial charge in [0.1, 0.15) is 5.82 Å². The van der Waals surface area contributed by atoms with E-state index in [1.807, 2.05) is 18.2 Å². The van der Waals surface area contributed by atoms with Crippen LogP contribution in [0.2, 0.25) is 0 Å². The molecule has 0 spiro atoms. The van der Waals surface area contributed by atoms with Crippen LogP contribution in [0.3, 0.4) is 0 Å². The summed E-state index contributed by atoms with van der Waals surface area (Å²) in [7, 11) is 0. The molecule has 0 radical (unpaired) electrons. The maximum Gasteiger partial charge on any atom is 0.224 e. The molecule has 1 aromatic heterocycles. The van der Waals surface area contributed by atoms with Crippen LogP contribution in [-0.2, 0) is 17.6 Å². The van der Waals surface area contributed by atoms with Crippen molar-refractivity contribution >= 4 is 35.8 Å². The Balaban J connectivity index is 0.00000338. The Morgan fingerprint density at radius 2 is 1.96 bits per heavy atom. The number of nitrogens with two attached hydrogens (primary N) is 1. The lowest BCUT2D eigenvalue weighted by atomic mass is 10.1. The summed E-state index contributed by atoms with van der Waals surface area (Å²) >= 11 is 0. The van der Waals surface area contributed by atoms with Crippen molar-refractivity contribution in [2.75, 3.05) is 19.6 Å². The van der Waals surface area contributed by atoms with Crippen LogP contribution in [0.15, 0.2) is 53.7 Å². The van der Waals surface area contributed by atoms with Crippen molar-refractivity contribution in [1.29, 1.82) is 0 Å². The van der Waals surface area contributed by atoms with Gasteiger partial charge in [-0.15, -0.1) is 24.0 Å². The van der Waals surface area contributed by atoms with Gasteiger partial charge in [0, 0.05) is 37.9 Å². The summed E-state index contributed by atoms with van der Waals surface area (Å²) in [6.07, 6.45) is 2.60. The van der Waals surface area contributed by atoms with Crippen molar-refractivity contribution in [3.63, 3.8) is 0 Å². The number of aromatic nitrogens is 1. The van der Waals surface area contributed by atoms with E-state index < -0.39 is 0 Å². The molecule has 6 nitrogen and oxygen atoms in total. The monoisotopic (exact) mass is 471 g/mol. The lowest BCUT2D eigenvalue weighted by Crippen LogP contribution is -2.39. The third-order valence-electron chi connectivity index (χ3n) is 3.38. The minimum absolute atomic E-state index is 0. The molecule has 140 valence electrons. The number of aliphatic imine (C=N–C) groups is 1. The molecule has 2 rings (SSSR count). The Morgan fingerprint density at radius 1 is 1.15 bits per heavy atom. The molecule has 4 N–H and O–H groups in total. The topological polar surface area (TPSA) is 92.4 Å². The largest absolute Gasteiger partial charge is 0.370 e. The summed E-state index contributed by atoms with van der Waals surface area (Å²) in [5.74, 6) is -0.185. The minimum Gasteiger partial charge on any atom is -0.370 e. The maximum atomic E-state index is 13.1. The van der Waals surface area contributed by atoms with Gasteiger partial charge >= 0.3 is 0 Å². The summed E-state index contributed by atoms with van der Waals surface area (Å²) in [5, 5.41) is 5.67. The number of halogens is 2. The highest BCUT2D eigenvalue weighted by atomic mass is 127. The summed E-state index contributed by atoms with van der Waals surface area (Å²) in [4.78, 5) is 20.2. The van der Waals surface area contributed by atoms with E-state index in [4.69, 9.17) is 5.73 Å². The lowest BCUT2D eigenvalue weighted by molar-refractivity contribution is -0.120. The minimum atomic E-state index is -0.346. The molecule has 0 fully saturated rings. The molecule has 0 unspecified atom stereocenters. The Labute approximate surface area is 169 Å². The van der Waals surface area contributed by atoms with E-state index in [-0.39, 0.29) is 42.1 Å². The number of carbonyl (C=O) groups excluding carboxylic acids is 1. The van der Waals surface area contributed by atoms with E-state index >= 15 is 0 Å². The third-order valence-corrected chi connectivity index (χ3v) is 3.38. The van der Waals surface area contributed by atoms with Crippen molar-refractivity contribution in [1.82, 2.24) is 15.6 Å². The third kappa shape index (κ3) is 8.75. The zero-order valence-corrected chi connectivity index (χ0v) is 16.7. The van der Waals surface area contributed by atoms with Gasteiger partial charge in [0.25, 0.3) is 0 Å². The van der Waals surface area contributed by atoms with E-state index in [1.165, 1.54) is 12.1 Å². The number of nitrogens with zero attached hydrogens (tertiary/aromatic N) is 2. The highest BCUT2D eigenvalue weighted by Gasteiger charge is 2.03. The lowest BCUT2D eigenvalue weighted by Gasteiger charge is -2.08. The Hall–Kier alpha value is -2.23. The van der Waals surface area contributed by atoms with Crippen LogP contribution in [-0.4, -0.2) is 36.5 Å². The predicted octanol–water partition coefficient (Wildman–Crippen LogP) is 1.64. The van der Waals surface area contributed by atoms with Gasteiger partial charge in [-0.3, -0.25) is 14.8 Å². The van der Waals surface area contributed by atoms with Crippen molar-refractivity contribution in [3.05, 3.63) is 65.7 Å². The molecule has 8 heteroatoms. The molecular weight excluding hydrogens is 448 g/mol. The van der Waals surface area contributed by atoms with E-state index in [1.54, 1.807) is 18.3 Å². The fraction of sp³-hybridized carbons (Fsp3) is 0.278. The van der Waals surface area contributed by atoms with Gasteiger partial charge in [-0.1, -0.05) is 18.2 Å². The van der Waals surface area contributed by atoms with Gasteiger partial charge in [-0.05, 0) is 29.8 Å². The molecule has 0 atom stereocenters. The second kappa shape index (κ2) is 12.2. The van der Waals surface area contributed by atoms with Gasteiger partial charge < -0.3 is 16.4 Å². The van der Waals surface area contributed by atoms with E-state index in [0.29, 0.717) is 37.6 Å². The van der Waals surface area contributed by atoms with E-state index in [0.717, 1.165) is 5.69 Å². The first kappa shape index (κ1) is 21.8. The van der Waals surface area contributed by atoms with Crippen LogP contribution in [0, 0.1) is 5.82 Å². The number of nitrogens with one attached hydrogen (secondary N) is 2. The average Bonchev–Trinajstić information content (AvgIpc) is 2.60. The number of hydrogen-bond donors (Lipinski definition) is 3. The van der Waals surface area contributed by atoms with Gasteiger partial charge in [0.2, 0.25) is 5.91 Å². The molecule has 1 amide bonds. The summed E-state index contributed by atoms with van der Waals surface area (Å²) in [5.41, 5.74) is 7.36. The molecule has 0 saturated heterocycles. The van der Waals surface area contributed by atoms with Gasteiger partial charge in [0.05, 0.1) is 6.42 Å². The van der Waals surface area contributed by atoms with Gasteiger partial charge in [-0.25, -0.2) is 4.39 Å². The fourth-order valence-electron chi connectivity index (χ4n) is 2.18. The highest BCUT2D eigenvalue weighted by molar-refractivity contribution is 14.0. The fourth-order valence-corrected chi connectivity index (χ4v) is 2.18.